The topological polar surface area (TPSA) is 70.8 Å². The summed E-state index contributed by atoms with van der Waals surface area (Å²) >= 11 is 0. The normalized spacial score (nSPS) is 14.8. The van der Waals surface area contributed by atoms with Crippen LogP contribution in [-0.4, -0.2) is 35.3 Å². The highest BCUT2D eigenvalue weighted by Gasteiger charge is 2.33. The summed E-state index contributed by atoms with van der Waals surface area (Å²) in [6, 6.07) is 13.1. The molecule has 0 fully saturated rings. The number of hydrogen-bond acceptors (Lipinski definition) is 4. The first-order valence-electron chi connectivity index (χ1n) is 6.91. The summed E-state index contributed by atoms with van der Waals surface area (Å²) < 4.78 is 5.56. The lowest BCUT2D eigenvalue weighted by atomic mass is 10.1. The average Bonchev–Trinajstić information content (AvgIpc) is 3.08. The molecule has 2 aromatic rings. The van der Waals surface area contributed by atoms with Gasteiger partial charge >= 0.3 is 0 Å². The SMILES string of the molecule is CN1CC(C(=O)c2ccc(Cc3ccccc3)o2)=C(O)C1=O. The number of hydrogen-bond donors (Lipinski definition) is 1. The monoisotopic (exact) mass is 297 g/mol. The van der Waals surface area contributed by atoms with Crippen LogP contribution in [0.15, 0.2) is 58.2 Å². The van der Waals surface area contributed by atoms with E-state index in [4.69, 9.17) is 4.42 Å². The standard InChI is InChI=1S/C17H15NO4/c1-18-10-13(16(20)17(18)21)15(19)14-8-7-12(22-14)9-11-5-3-2-4-6-11/h2-8,20H,9-10H2,1H3. The Morgan fingerprint density at radius 3 is 2.59 bits per heavy atom. The summed E-state index contributed by atoms with van der Waals surface area (Å²) in [5, 5.41) is 9.73. The lowest BCUT2D eigenvalue weighted by molar-refractivity contribution is -0.126. The largest absolute Gasteiger partial charge is 0.503 e. The van der Waals surface area contributed by atoms with Gasteiger partial charge in [-0.25, -0.2) is 0 Å². The van der Waals surface area contributed by atoms with Crippen molar-refractivity contribution in [2.45, 2.75) is 6.42 Å². The third kappa shape index (κ3) is 2.53. The van der Waals surface area contributed by atoms with Crippen LogP contribution >= 0.6 is 0 Å². The Balaban J connectivity index is 1.80. The minimum Gasteiger partial charge on any atom is -0.503 e. The zero-order chi connectivity index (χ0) is 15.7. The van der Waals surface area contributed by atoms with Crippen LogP contribution in [0.25, 0.3) is 0 Å². The van der Waals surface area contributed by atoms with E-state index in [1.807, 2.05) is 30.3 Å². The van der Waals surface area contributed by atoms with Crippen molar-refractivity contribution in [3.05, 3.63) is 70.9 Å². The maximum Gasteiger partial charge on any atom is 0.289 e. The fraction of sp³-hybridized carbons (Fsp3) is 0.176. The Kier molecular flexibility index (Phi) is 3.55. The summed E-state index contributed by atoms with van der Waals surface area (Å²) in [7, 11) is 1.53. The van der Waals surface area contributed by atoms with E-state index in [0.717, 1.165) is 5.56 Å². The smallest absolute Gasteiger partial charge is 0.289 e. The number of carbonyl (C=O) groups excluding carboxylic acids is 2. The molecule has 1 amide bonds. The molecule has 0 aliphatic carbocycles. The van der Waals surface area contributed by atoms with Gasteiger partial charge in [0.25, 0.3) is 5.91 Å². The maximum atomic E-state index is 12.3. The molecule has 1 N–H and O–H groups in total. The van der Waals surface area contributed by atoms with Gasteiger partial charge in [0.1, 0.15) is 5.76 Å². The Bertz CT molecular complexity index is 758. The number of carbonyl (C=O) groups is 2. The molecule has 112 valence electrons. The number of ketones is 1. The number of furan rings is 1. The molecule has 0 atom stereocenters. The van der Waals surface area contributed by atoms with E-state index in [1.165, 1.54) is 11.9 Å². The molecular weight excluding hydrogens is 282 g/mol. The first-order chi connectivity index (χ1) is 10.6. The van der Waals surface area contributed by atoms with Gasteiger partial charge in [-0.05, 0) is 17.7 Å². The third-order valence-corrected chi connectivity index (χ3v) is 3.61. The van der Waals surface area contributed by atoms with E-state index in [0.29, 0.717) is 12.2 Å². The molecule has 3 rings (SSSR count). The van der Waals surface area contributed by atoms with Gasteiger partial charge in [0.2, 0.25) is 5.78 Å². The summed E-state index contributed by atoms with van der Waals surface area (Å²) in [5.41, 5.74) is 1.15. The quantitative estimate of drug-likeness (QED) is 0.879. The zero-order valence-corrected chi connectivity index (χ0v) is 12.1. The van der Waals surface area contributed by atoms with Gasteiger partial charge in [0.05, 0.1) is 12.1 Å². The van der Waals surface area contributed by atoms with Crippen LogP contribution in [0.2, 0.25) is 0 Å². The average molecular weight is 297 g/mol. The number of benzene rings is 1. The molecule has 1 aliphatic heterocycles. The van der Waals surface area contributed by atoms with Crippen molar-refractivity contribution in [2.24, 2.45) is 0 Å². The highest BCUT2D eigenvalue weighted by molar-refractivity contribution is 6.14. The zero-order valence-electron chi connectivity index (χ0n) is 12.1. The van der Waals surface area contributed by atoms with Crippen LogP contribution in [0.4, 0.5) is 0 Å². The second-order valence-corrected chi connectivity index (χ2v) is 5.25. The van der Waals surface area contributed by atoms with Crippen molar-refractivity contribution in [3.63, 3.8) is 0 Å². The molecule has 1 aromatic heterocycles. The van der Waals surface area contributed by atoms with Crippen LogP contribution in [0, 0.1) is 0 Å². The van der Waals surface area contributed by atoms with Gasteiger partial charge in [-0.15, -0.1) is 0 Å². The lowest BCUT2D eigenvalue weighted by Crippen LogP contribution is -2.22. The fourth-order valence-electron chi connectivity index (χ4n) is 2.41. The van der Waals surface area contributed by atoms with Gasteiger partial charge in [0, 0.05) is 13.5 Å². The molecule has 1 aliphatic rings. The molecule has 0 bridgehead atoms. The molecule has 1 aromatic carbocycles. The van der Waals surface area contributed by atoms with Crippen molar-refractivity contribution in [1.82, 2.24) is 4.90 Å². The molecule has 5 heteroatoms. The van der Waals surface area contributed by atoms with Gasteiger partial charge in [-0.3, -0.25) is 9.59 Å². The maximum absolute atomic E-state index is 12.3. The summed E-state index contributed by atoms with van der Waals surface area (Å²) in [4.78, 5) is 25.1. The predicted molar refractivity (Wildman–Crippen MR) is 79.6 cm³/mol. The Morgan fingerprint density at radius 1 is 1.23 bits per heavy atom. The number of rotatable bonds is 4. The lowest BCUT2D eigenvalue weighted by Gasteiger charge is -2.06. The molecule has 5 nitrogen and oxygen atoms in total. The number of aliphatic hydroxyl groups is 1. The van der Waals surface area contributed by atoms with Crippen LogP contribution in [0.1, 0.15) is 21.9 Å². The van der Waals surface area contributed by atoms with E-state index in [-0.39, 0.29) is 17.9 Å². The van der Waals surface area contributed by atoms with Crippen molar-refractivity contribution in [1.29, 1.82) is 0 Å². The van der Waals surface area contributed by atoms with E-state index in [9.17, 15) is 14.7 Å². The van der Waals surface area contributed by atoms with E-state index in [2.05, 4.69) is 0 Å². The molecule has 0 radical (unpaired) electrons. The number of nitrogens with zero attached hydrogens (tertiary/aromatic N) is 1. The molecular formula is C17H15NO4. The molecule has 22 heavy (non-hydrogen) atoms. The molecule has 0 spiro atoms. The van der Waals surface area contributed by atoms with Crippen LogP contribution < -0.4 is 0 Å². The van der Waals surface area contributed by atoms with Gasteiger partial charge in [-0.2, -0.15) is 0 Å². The van der Waals surface area contributed by atoms with Crippen molar-refractivity contribution >= 4 is 11.7 Å². The van der Waals surface area contributed by atoms with Crippen LogP contribution in [0.3, 0.4) is 0 Å². The Labute approximate surface area is 127 Å². The van der Waals surface area contributed by atoms with Crippen molar-refractivity contribution in [2.75, 3.05) is 13.6 Å². The second-order valence-electron chi connectivity index (χ2n) is 5.25. The number of likely N-dealkylation sites (N-methyl/N-ethyl adjacent to an activating group) is 1. The van der Waals surface area contributed by atoms with E-state index < -0.39 is 17.4 Å². The highest BCUT2D eigenvalue weighted by Crippen LogP contribution is 2.22. The van der Waals surface area contributed by atoms with Gasteiger partial charge < -0.3 is 14.4 Å². The number of aliphatic hydroxyl groups excluding tert-OH is 1. The van der Waals surface area contributed by atoms with E-state index >= 15 is 0 Å². The van der Waals surface area contributed by atoms with Crippen LogP contribution in [-0.2, 0) is 11.2 Å². The molecule has 0 saturated heterocycles. The Morgan fingerprint density at radius 2 is 1.95 bits per heavy atom. The summed E-state index contributed by atoms with van der Waals surface area (Å²) in [6.45, 7) is 0.0955. The minimum absolute atomic E-state index is 0.0770. The van der Waals surface area contributed by atoms with Gasteiger partial charge in [0.15, 0.2) is 11.5 Å². The van der Waals surface area contributed by atoms with Crippen LogP contribution in [0.5, 0.6) is 0 Å². The van der Waals surface area contributed by atoms with Gasteiger partial charge in [-0.1, -0.05) is 30.3 Å². The minimum atomic E-state index is -0.542. The highest BCUT2D eigenvalue weighted by atomic mass is 16.3. The summed E-state index contributed by atoms with van der Waals surface area (Å²) in [6.07, 6.45) is 0.581. The summed E-state index contributed by atoms with van der Waals surface area (Å²) in [5.74, 6) is -0.690. The first kappa shape index (κ1) is 14.1. The Hall–Kier alpha value is -2.82. The molecule has 2 heterocycles. The van der Waals surface area contributed by atoms with Crippen molar-refractivity contribution in [3.8, 4) is 0 Å². The predicted octanol–water partition coefficient (Wildman–Crippen LogP) is 2.34. The first-order valence-corrected chi connectivity index (χ1v) is 6.91. The molecule has 0 saturated carbocycles. The van der Waals surface area contributed by atoms with E-state index in [1.54, 1.807) is 12.1 Å². The van der Waals surface area contributed by atoms with Crippen molar-refractivity contribution < 1.29 is 19.1 Å². The number of amides is 1. The number of Topliss-reactive ketones (excluding diaryl/α,β-unsaturated/α-hetero) is 1. The molecule has 0 unspecified atom stereocenters. The third-order valence-electron chi connectivity index (χ3n) is 3.61. The second kappa shape index (κ2) is 5.52. The fourth-order valence-corrected chi connectivity index (χ4v) is 2.41.